The molecule has 0 aliphatic heterocycles. The Kier molecular flexibility index (Phi) is 6.86. The Balaban J connectivity index is 0.000000409. The Morgan fingerprint density at radius 3 is 2.14 bits per heavy atom. The van der Waals surface area contributed by atoms with Gasteiger partial charge in [0, 0.05) is 19.2 Å². The maximum absolute atomic E-state index is 13.0. The van der Waals surface area contributed by atoms with Gasteiger partial charge in [-0.1, -0.05) is 29.8 Å². The lowest BCUT2D eigenvalue weighted by Crippen LogP contribution is -2.09. The van der Waals surface area contributed by atoms with Gasteiger partial charge in [0.15, 0.2) is 0 Å². The molecule has 3 rings (SSSR count). The van der Waals surface area contributed by atoms with Crippen LogP contribution in [0.5, 0.6) is 0 Å². The molecule has 0 saturated carbocycles. The molecule has 3 N–H and O–H groups in total. The number of benzene rings is 2. The predicted octanol–water partition coefficient (Wildman–Crippen LogP) is 3.30. The molecule has 0 radical (unpaired) electrons. The van der Waals surface area contributed by atoms with Crippen LogP contribution < -0.4 is 5.32 Å². The highest BCUT2D eigenvalue weighted by molar-refractivity contribution is 6.27. The first-order valence-corrected chi connectivity index (χ1v) is 8.31. The van der Waals surface area contributed by atoms with E-state index in [-0.39, 0.29) is 5.82 Å². The van der Waals surface area contributed by atoms with E-state index >= 15 is 0 Å². The zero-order valence-electron chi connectivity index (χ0n) is 15.4. The molecule has 0 bridgehead atoms. The number of aryl methyl sites for hydroxylation is 1. The van der Waals surface area contributed by atoms with Crippen molar-refractivity contribution < 1.29 is 24.2 Å². The normalized spacial score (nSPS) is 9.96. The monoisotopic (exact) mass is 385 g/mol. The molecule has 146 valence electrons. The van der Waals surface area contributed by atoms with E-state index in [0.29, 0.717) is 6.54 Å². The first-order valence-electron chi connectivity index (χ1n) is 8.31. The molecule has 1 heterocycles. The number of hydrogen-bond donors (Lipinski definition) is 3. The lowest BCUT2D eigenvalue weighted by molar-refractivity contribution is -0.159. The van der Waals surface area contributed by atoms with Crippen molar-refractivity contribution >= 4 is 17.9 Å². The number of aliphatic carboxylic acids is 2. The number of nitrogens with zero attached hydrogens (tertiary/aromatic N) is 2. The topological polar surface area (TPSA) is 104 Å². The fourth-order valence-corrected chi connectivity index (χ4v) is 2.35. The number of rotatable bonds is 4. The van der Waals surface area contributed by atoms with Crippen molar-refractivity contribution in [2.45, 2.75) is 13.5 Å². The molecular formula is C20H20FN3O4. The molecule has 8 heteroatoms. The largest absolute Gasteiger partial charge is 0.473 e. The summed E-state index contributed by atoms with van der Waals surface area (Å²) in [7, 11) is 1.95. The highest BCUT2D eigenvalue weighted by atomic mass is 19.1. The van der Waals surface area contributed by atoms with Gasteiger partial charge in [0.25, 0.3) is 0 Å². The highest BCUT2D eigenvalue weighted by Crippen LogP contribution is 2.22. The number of aromatic nitrogens is 2. The second kappa shape index (κ2) is 9.31. The molecule has 7 nitrogen and oxygen atoms in total. The van der Waals surface area contributed by atoms with Crippen LogP contribution in [0, 0.1) is 12.7 Å². The van der Waals surface area contributed by atoms with E-state index in [1.165, 1.54) is 23.3 Å². The van der Waals surface area contributed by atoms with Crippen molar-refractivity contribution in [1.82, 2.24) is 9.55 Å². The molecule has 0 amide bonds. The first kappa shape index (κ1) is 20.6. The lowest BCUT2D eigenvalue weighted by atomic mass is 10.1. The van der Waals surface area contributed by atoms with Crippen LogP contribution in [0.15, 0.2) is 54.7 Å². The van der Waals surface area contributed by atoms with Gasteiger partial charge in [-0.25, -0.2) is 19.0 Å². The summed E-state index contributed by atoms with van der Waals surface area (Å²) in [5.41, 5.74) is 4.35. The van der Waals surface area contributed by atoms with Gasteiger partial charge < -0.3 is 20.1 Å². The van der Waals surface area contributed by atoms with Crippen LogP contribution in [-0.4, -0.2) is 31.7 Å². The first-order chi connectivity index (χ1) is 13.3. The molecule has 0 saturated heterocycles. The van der Waals surface area contributed by atoms with Crippen LogP contribution in [0.3, 0.4) is 0 Å². The zero-order valence-corrected chi connectivity index (χ0v) is 15.4. The molecule has 28 heavy (non-hydrogen) atoms. The molecule has 1 aromatic heterocycles. The summed E-state index contributed by atoms with van der Waals surface area (Å²) in [5.74, 6) is -3.09. The van der Waals surface area contributed by atoms with Gasteiger partial charge >= 0.3 is 11.9 Å². The van der Waals surface area contributed by atoms with E-state index in [2.05, 4.69) is 41.5 Å². The molecule has 0 aliphatic rings. The molecule has 0 atom stereocenters. The Bertz CT molecular complexity index is 939. The molecule has 2 aromatic carbocycles. The number of anilines is 1. The van der Waals surface area contributed by atoms with Crippen molar-refractivity contribution in [1.29, 1.82) is 0 Å². The molecular weight excluding hydrogens is 365 g/mol. The quantitative estimate of drug-likeness (QED) is 0.595. The van der Waals surface area contributed by atoms with Crippen molar-refractivity contribution in [3.63, 3.8) is 0 Å². The third-order valence-corrected chi connectivity index (χ3v) is 3.88. The minimum Gasteiger partial charge on any atom is -0.473 e. The number of carbonyl (C=O) groups is 2. The van der Waals surface area contributed by atoms with Gasteiger partial charge in [-0.05, 0) is 36.8 Å². The molecule has 0 spiro atoms. The van der Waals surface area contributed by atoms with Gasteiger partial charge in [0.1, 0.15) is 5.82 Å². The van der Waals surface area contributed by atoms with E-state index in [4.69, 9.17) is 19.8 Å². The van der Waals surface area contributed by atoms with Gasteiger partial charge in [-0.15, -0.1) is 0 Å². The lowest BCUT2D eigenvalue weighted by Gasteiger charge is -2.09. The summed E-state index contributed by atoms with van der Waals surface area (Å²) in [5, 5.41) is 18.1. The Hall–Kier alpha value is -3.68. The van der Waals surface area contributed by atoms with E-state index in [1.54, 1.807) is 18.3 Å². The number of nitrogens with one attached hydrogen (secondary N) is 1. The van der Waals surface area contributed by atoms with Crippen LogP contribution in [0.1, 0.15) is 11.1 Å². The summed E-state index contributed by atoms with van der Waals surface area (Å²) in [4.78, 5) is 22.6. The average molecular weight is 385 g/mol. The van der Waals surface area contributed by atoms with E-state index in [1.807, 2.05) is 11.6 Å². The van der Waals surface area contributed by atoms with E-state index < -0.39 is 11.9 Å². The highest BCUT2D eigenvalue weighted by Gasteiger charge is 2.08. The van der Waals surface area contributed by atoms with Gasteiger partial charge in [0.05, 0.1) is 11.9 Å². The van der Waals surface area contributed by atoms with Crippen molar-refractivity contribution in [2.75, 3.05) is 5.32 Å². The van der Waals surface area contributed by atoms with Gasteiger partial charge in [0.2, 0.25) is 5.95 Å². The van der Waals surface area contributed by atoms with Crippen LogP contribution in [0.4, 0.5) is 10.3 Å². The summed E-state index contributed by atoms with van der Waals surface area (Å²) < 4.78 is 15.0. The minimum atomic E-state index is -1.82. The van der Waals surface area contributed by atoms with Gasteiger partial charge in [-0.3, -0.25) is 0 Å². The third kappa shape index (κ3) is 5.66. The van der Waals surface area contributed by atoms with E-state index in [9.17, 15) is 4.39 Å². The summed E-state index contributed by atoms with van der Waals surface area (Å²) in [6.07, 6.45) is 1.80. The zero-order chi connectivity index (χ0) is 20.7. The Morgan fingerprint density at radius 1 is 1.04 bits per heavy atom. The number of hydrogen-bond acceptors (Lipinski definition) is 4. The van der Waals surface area contributed by atoms with Crippen LogP contribution >= 0.6 is 0 Å². The SMILES string of the molecule is Cc1ccc(CNc2ncc(-c3ccc(F)cc3)n2C)cc1.O=C(O)C(=O)O. The van der Waals surface area contributed by atoms with Crippen LogP contribution in [0.25, 0.3) is 11.3 Å². The Morgan fingerprint density at radius 2 is 1.61 bits per heavy atom. The smallest absolute Gasteiger partial charge is 0.414 e. The van der Waals surface area contributed by atoms with Gasteiger partial charge in [-0.2, -0.15) is 0 Å². The summed E-state index contributed by atoms with van der Waals surface area (Å²) in [6.45, 7) is 2.79. The standard InChI is InChI=1S/C18H18FN3.C2H2O4/c1-13-3-5-14(6-4-13)11-20-18-21-12-17(22(18)2)15-7-9-16(19)10-8-15;3-1(4)2(5)6/h3-10,12H,11H2,1-2H3,(H,20,21);(H,3,4)(H,5,6). The molecule has 0 aliphatic carbocycles. The second-order valence-corrected chi connectivity index (χ2v) is 5.98. The number of carboxylic acid groups (broad SMARTS) is 2. The number of imidazole rings is 1. The molecule has 0 unspecified atom stereocenters. The van der Waals surface area contributed by atoms with E-state index in [0.717, 1.165) is 17.2 Å². The molecule has 3 aromatic rings. The average Bonchev–Trinajstić information content (AvgIpc) is 3.03. The number of halogens is 1. The maximum atomic E-state index is 13.0. The number of carboxylic acids is 2. The second-order valence-electron chi connectivity index (χ2n) is 5.98. The predicted molar refractivity (Wildman–Crippen MR) is 102 cm³/mol. The van der Waals surface area contributed by atoms with Crippen LogP contribution in [-0.2, 0) is 23.2 Å². The fourth-order valence-electron chi connectivity index (χ4n) is 2.35. The van der Waals surface area contributed by atoms with Crippen molar-refractivity contribution in [3.05, 3.63) is 71.7 Å². The maximum Gasteiger partial charge on any atom is 0.414 e. The Labute approximate surface area is 161 Å². The summed E-state index contributed by atoms with van der Waals surface area (Å²) in [6, 6.07) is 14.8. The summed E-state index contributed by atoms with van der Waals surface area (Å²) >= 11 is 0. The minimum absolute atomic E-state index is 0.233. The van der Waals surface area contributed by atoms with Crippen molar-refractivity contribution in [3.8, 4) is 11.3 Å². The van der Waals surface area contributed by atoms with Crippen LogP contribution in [0.2, 0.25) is 0 Å². The van der Waals surface area contributed by atoms with Crippen molar-refractivity contribution in [2.24, 2.45) is 7.05 Å². The molecule has 0 fully saturated rings. The fraction of sp³-hybridized carbons (Fsp3) is 0.150. The third-order valence-electron chi connectivity index (χ3n) is 3.88.